The van der Waals surface area contributed by atoms with Gasteiger partial charge in [0.1, 0.15) is 12.4 Å². The fraction of sp³-hybridized carbons (Fsp3) is 0.0909. The molecule has 4 nitrogen and oxygen atoms in total. The lowest BCUT2D eigenvalue weighted by Crippen LogP contribution is -2.32. The van der Waals surface area contributed by atoms with Crippen LogP contribution >= 0.6 is 27.7 Å². The van der Waals surface area contributed by atoms with Crippen molar-refractivity contribution in [3.63, 3.8) is 0 Å². The van der Waals surface area contributed by atoms with Gasteiger partial charge < -0.3 is 4.74 Å². The smallest absolute Gasteiger partial charge is 0.293 e. The number of amides is 2. The van der Waals surface area contributed by atoms with E-state index in [1.165, 1.54) is 4.90 Å². The van der Waals surface area contributed by atoms with Gasteiger partial charge in [0.05, 0.1) is 11.4 Å². The number of imide groups is 1. The van der Waals surface area contributed by atoms with Gasteiger partial charge >= 0.3 is 0 Å². The summed E-state index contributed by atoms with van der Waals surface area (Å²) in [5.74, 6) is 0.441. The molecule has 0 aliphatic carbocycles. The number of rotatable bonds is 5. The summed E-state index contributed by atoms with van der Waals surface area (Å²) in [4.78, 5) is 26.4. The number of nitrogens with zero attached hydrogens (tertiary/aromatic N) is 1. The van der Waals surface area contributed by atoms with Crippen molar-refractivity contribution in [1.29, 1.82) is 0 Å². The van der Waals surface area contributed by atoms with Gasteiger partial charge in [-0.05, 0) is 58.4 Å². The molecule has 1 heterocycles. The van der Waals surface area contributed by atoms with Crippen molar-refractivity contribution < 1.29 is 14.3 Å². The zero-order valence-electron chi connectivity index (χ0n) is 14.8. The van der Waals surface area contributed by atoms with E-state index >= 15 is 0 Å². The molecule has 1 saturated heterocycles. The summed E-state index contributed by atoms with van der Waals surface area (Å²) in [6.45, 7) is 0.469. The van der Waals surface area contributed by atoms with Gasteiger partial charge in [-0.25, -0.2) is 0 Å². The summed E-state index contributed by atoms with van der Waals surface area (Å²) >= 11 is 4.34. The van der Waals surface area contributed by atoms with E-state index in [0.717, 1.165) is 38.3 Å². The molecule has 0 unspecified atom stereocenters. The molecule has 0 aromatic heterocycles. The fourth-order valence-corrected chi connectivity index (χ4v) is 4.04. The predicted octanol–water partition coefficient (Wildman–Crippen LogP) is 5.72. The molecule has 0 radical (unpaired) electrons. The number of hydrogen-bond donors (Lipinski definition) is 0. The monoisotopic (exact) mass is 453 g/mol. The first kappa shape index (κ1) is 18.8. The summed E-state index contributed by atoms with van der Waals surface area (Å²) in [5.41, 5.74) is 0.876. The van der Waals surface area contributed by atoms with Gasteiger partial charge in [0, 0.05) is 4.47 Å². The van der Waals surface area contributed by atoms with Gasteiger partial charge in [0.15, 0.2) is 0 Å². The first-order chi connectivity index (χ1) is 13.6. The first-order valence-electron chi connectivity index (χ1n) is 8.73. The Morgan fingerprint density at radius 3 is 2.50 bits per heavy atom. The summed E-state index contributed by atoms with van der Waals surface area (Å²) in [5, 5.41) is 1.96. The molecule has 3 aromatic rings. The third-order valence-electron chi connectivity index (χ3n) is 4.35. The van der Waals surface area contributed by atoms with E-state index < -0.39 is 0 Å². The van der Waals surface area contributed by atoms with E-state index in [1.54, 1.807) is 6.08 Å². The van der Waals surface area contributed by atoms with Crippen LogP contribution in [-0.4, -0.2) is 29.2 Å². The molecule has 1 fully saturated rings. The fourth-order valence-electron chi connectivity index (χ4n) is 2.92. The number of carbonyl (C=O) groups excluding carboxylic acids is 2. The van der Waals surface area contributed by atoms with E-state index in [4.69, 9.17) is 4.74 Å². The first-order valence-corrected chi connectivity index (χ1v) is 10.3. The molecule has 3 aromatic carbocycles. The molecule has 0 N–H and O–H groups in total. The van der Waals surface area contributed by atoms with Gasteiger partial charge in [-0.2, -0.15) is 0 Å². The van der Waals surface area contributed by atoms with Crippen LogP contribution in [0.25, 0.3) is 16.8 Å². The van der Waals surface area contributed by atoms with E-state index in [2.05, 4.69) is 15.9 Å². The van der Waals surface area contributed by atoms with Gasteiger partial charge in [0.25, 0.3) is 11.1 Å². The Morgan fingerprint density at radius 2 is 1.71 bits per heavy atom. The summed E-state index contributed by atoms with van der Waals surface area (Å²) in [7, 11) is 0. The molecule has 0 saturated carbocycles. The SMILES string of the molecule is O=C1SC(=Cc2ccc(Br)cc2)C(=O)N1CCOc1ccc2ccccc2c1. The number of carbonyl (C=O) groups is 2. The van der Waals surface area contributed by atoms with E-state index in [9.17, 15) is 9.59 Å². The van der Waals surface area contributed by atoms with Crippen LogP contribution in [0.1, 0.15) is 5.56 Å². The van der Waals surface area contributed by atoms with Crippen molar-refractivity contribution in [2.24, 2.45) is 0 Å². The van der Waals surface area contributed by atoms with E-state index in [-0.39, 0.29) is 24.3 Å². The molecule has 6 heteroatoms. The lowest BCUT2D eigenvalue weighted by atomic mass is 10.1. The summed E-state index contributed by atoms with van der Waals surface area (Å²) in [6.07, 6.45) is 1.74. The van der Waals surface area contributed by atoms with Crippen molar-refractivity contribution in [2.45, 2.75) is 0 Å². The van der Waals surface area contributed by atoms with Gasteiger partial charge in [-0.1, -0.05) is 58.4 Å². The average molecular weight is 454 g/mol. The number of hydrogen-bond acceptors (Lipinski definition) is 4. The second-order valence-electron chi connectivity index (χ2n) is 6.24. The summed E-state index contributed by atoms with van der Waals surface area (Å²) in [6, 6.07) is 21.4. The van der Waals surface area contributed by atoms with Gasteiger partial charge in [-0.15, -0.1) is 0 Å². The standard InChI is InChI=1S/C22H16BrNO3S/c23-18-8-5-15(6-9-18)13-20-21(25)24(22(26)28-20)11-12-27-19-10-7-16-3-1-2-4-17(16)14-19/h1-10,13-14H,11-12H2. The highest BCUT2D eigenvalue weighted by molar-refractivity contribution is 9.10. The maximum absolute atomic E-state index is 12.6. The molecular formula is C22H16BrNO3S. The minimum atomic E-state index is -0.278. The Hall–Kier alpha value is -2.57. The largest absolute Gasteiger partial charge is 0.492 e. The molecule has 2 amide bonds. The Morgan fingerprint density at radius 1 is 0.964 bits per heavy atom. The van der Waals surface area contributed by atoms with Crippen LogP contribution in [0.3, 0.4) is 0 Å². The number of fused-ring (bicyclic) bond motifs is 1. The van der Waals surface area contributed by atoms with Crippen molar-refractivity contribution in [3.8, 4) is 5.75 Å². The zero-order valence-corrected chi connectivity index (χ0v) is 17.2. The number of thioether (sulfide) groups is 1. The van der Waals surface area contributed by atoms with Crippen LogP contribution in [0, 0.1) is 0 Å². The number of benzene rings is 3. The van der Waals surface area contributed by atoms with Gasteiger partial charge in [-0.3, -0.25) is 14.5 Å². The van der Waals surface area contributed by atoms with Crippen molar-refractivity contribution in [2.75, 3.05) is 13.2 Å². The van der Waals surface area contributed by atoms with E-state index in [0.29, 0.717) is 4.91 Å². The van der Waals surface area contributed by atoms with Crippen molar-refractivity contribution >= 4 is 55.7 Å². The highest BCUT2D eigenvalue weighted by atomic mass is 79.9. The highest BCUT2D eigenvalue weighted by Crippen LogP contribution is 2.32. The number of ether oxygens (including phenoxy) is 1. The Bertz CT molecular complexity index is 1080. The third-order valence-corrected chi connectivity index (χ3v) is 5.78. The minimum Gasteiger partial charge on any atom is -0.492 e. The molecule has 0 atom stereocenters. The zero-order chi connectivity index (χ0) is 19.5. The molecule has 1 aliphatic heterocycles. The average Bonchev–Trinajstić information content (AvgIpc) is 2.97. The van der Waals surface area contributed by atoms with Gasteiger partial charge in [0.2, 0.25) is 0 Å². The second kappa shape index (κ2) is 8.20. The second-order valence-corrected chi connectivity index (χ2v) is 8.15. The Labute approximate surface area is 175 Å². The minimum absolute atomic E-state index is 0.217. The van der Waals surface area contributed by atoms with Crippen molar-refractivity contribution in [3.05, 3.63) is 81.7 Å². The Kier molecular flexibility index (Phi) is 5.50. The molecule has 140 valence electrons. The number of halogens is 1. The van der Waals surface area contributed by atoms with Crippen LogP contribution in [0.15, 0.2) is 76.1 Å². The lowest BCUT2D eigenvalue weighted by molar-refractivity contribution is -0.123. The van der Waals surface area contributed by atoms with Crippen LogP contribution in [0.5, 0.6) is 5.75 Å². The molecule has 0 spiro atoms. The van der Waals surface area contributed by atoms with Crippen LogP contribution in [0.2, 0.25) is 0 Å². The molecule has 1 aliphatic rings. The normalized spacial score (nSPS) is 15.6. The van der Waals surface area contributed by atoms with E-state index in [1.807, 2.05) is 66.7 Å². The third kappa shape index (κ3) is 4.13. The molecule has 4 rings (SSSR count). The maximum atomic E-state index is 12.6. The van der Waals surface area contributed by atoms with Crippen LogP contribution in [0.4, 0.5) is 4.79 Å². The molecule has 0 bridgehead atoms. The maximum Gasteiger partial charge on any atom is 0.293 e. The quantitative estimate of drug-likeness (QED) is 0.463. The van der Waals surface area contributed by atoms with Crippen LogP contribution < -0.4 is 4.74 Å². The highest BCUT2D eigenvalue weighted by Gasteiger charge is 2.34. The Balaban J connectivity index is 1.39. The topological polar surface area (TPSA) is 46.6 Å². The van der Waals surface area contributed by atoms with Crippen LogP contribution in [-0.2, 0) is 4.79 Å². The summed E-state index contributed by atoms with van der Waals surface area (Å²) < 4.78 is 6.72. The molecular weight excluding hydrogens is 438 g/mol. The predicted molar refractivity (Wildman–Crippen MR) is 116 cm³/mol. The lowest BCUT2D eigenvalue weighted by Gasteiger charge is -2.13. The molecule has 28 heavy (non-hydrogen) atoms. The van der Waals surface area contributed by atoms with Crippen molar-refractivity contribution in [1.82, 2.24) is 4.90 Å².